The van der Waals surface area contributed by atoms with Crippen molar-refractivity contribution in [3.8, 4) is 0 Å². The molecule has 2 aliphatic rings. The number of fused-ring (bicyclic) bond motifs is 5. The van der Waals surface area contributed by atoms with Crippen molar-refractivity contribution in [2.75, 3.05) is 0 Å². The SMILES string of the molecule is O=C(OC1C2OC(c3ccccc32)C1OC(=O)c1ccccc1)c1ccccc1. The van der Waals surface area contributed by atoms with Crippen LogP contribution in [0.2, 0.25) is 0 Å². The number of ether oxygens (including phenoxy) is 3. The van der Waals surface area contributed by atoms with Crippen LogP contribution in [0.5, 0.6) is 0 Å². The van der Waals surface area contributed by atoms with Gasteiger partial charge >= 0.3 is 11.9 Å². The fourth-order valence-corrected chi connectivity index (χ4v) is 3.98. The van der Waals surface area contributed by atoms with Gasteiger partial charge in [-0.2, -0.15) is 0 Å². The number of carbonyl (C=O) groups excluding carboxylic acids is 2. The molecule has 5 rings (SSSR count). The molecule has 3 aromatic rings. The molecule has 0 aromatic heterocycles. The number of carbonyl (C=O) groups is 2. The molecule has 0 aliphatic carbocycles. The number of rotatable bonds is 4. The molecule has 2 bridgehead atoms. The summed E-state index contributed by atoms with van der Waals surface area (Å²) in [5.74, 6) is -0.935. The van der Waals surface area contributed by atoms with Crippen LogP contribution in [0.4, 0.5) is 0 Å². The minimum atomic E-state index is -0.713. The Hall–Kier alpha value is -3.44. The van der Waals surface area contributed by atoms with Gasteiger partial charge in [0.2, 0.25) is 0 Å². The first-order valence-corrected chi connectivity index (χ1v) is 9.49. The predicted octanol–water partition coefficient (Wildman–Crippen LogP) is 4.26. The zero-order chi connectivity index (χ0) is 19.8. The van der Waals surface area contributed by atoms with E-state index in [4.69, 9.17) is 14.2 Å². The lowest BCUT2D eigenvalue weighted by molar-refractivity contribution is -0.0348. The molecule has 0 spiro atoms. The lowest BCUT2D eigenvalue weighted by Crippen LogP contribution is -2.39. The van der Waals surface area contributed by atoms with Crippen LogP contribution in [0.15, 0.2) is 84.9 Å². The first-order valence-electron chi connectivity index (χ1n) is 9.49. The third kappa shape index (κ3) is 3.09. The van der Waals surface area contributed by atoms with E-state index in [0.29, 0.717) is 11.1 Å². The molecule has 2 heterocycles. The van der Waals surface area contributed by atoms with Gasteiger partial charge in [0, 0.05) is 0 Å². The van der Waals surface area contributed by atoms with Gasteiger partial charge in [0.15, 0.2) is 12.2 Å². The Morgan fingerprint density at radius 1 is 0.586 bits per heavy atom. The van der Waals surface area contributed by atoms with E-state index in [1.807, 2.05) is 36.4 Å². The first-order chi connectivity index (χ1) is 14.2. The van der Waals surface area contributed by atoms with E-state index in [1.165, 1.54) is 0 Å². The van der Waals surface area contributed by atoms with Gasteiger partial charge < -0.3 is 14.2 Å². The van der Waals surface area contributed by atoms with Gasteiger partial charge in [0.25, 0.3) is 0 Å². The second-order valence-corrected chi connectivity index (χ2v) is 7.08. The summed E-state index contributed by atoms with van der Waals surface area (Å²) in [6.45, 7) is 0. The molecule has 4 atom stereocenters. The van der Waals surface area contributed by atoms with Crippen LogP contribution in [0, 0.1) is 0 Å². The summed E-state index contributed by atoms with van der Waals surface area (Å²) < 4.78 is 17.7. The quantitative estimate of drug-likeness (QED) is 0.627. The highest BCUT2D eigenvalue weighted by molar-refractivity contribution is 5.90. The summed E-state index contributed by atoms with van der Waals surface area (Å²) in [6, 6.07) is 25.3. The van der Waals surface area contributed by atoms with Gasteiger partial charge in [0.1, 0.15) is 12.2 Å². The minimum absolute atomic E-state index is 0.441. The summed E-state index contributed by atoms with van der Waals surface area (Å²) in [4.78, 5) is 25.3. The smallest absolute Gasteiger partial charge is 0.338 e. The van der Waals surface area contributed by atoms with Gasteiger partial charge in [-0.15, -0.1) is 0 Å². The molecule has 144 valence electrons. The summed E-state index contributed by atoms with van der Waals surface area (Å²) in [6.07, 6.45) is -2.35. The standard InChI is InChI=1S/C24H18O5/c25-23(15-9-3-1-4-10-15)28-21-19-17-13-7-8-14-18(17)20(27-19)22(21)29-24(26)16-11-5-2-6-12-16/h1-14,19-22H. The zero-order valence-corrected chi connectivity index (χ0v) is 15.4. The molecule has 5 heteroatoms. The van der Waals surface area contributed by atoms with Gasteiger partial charge in [-0.3, -0.25) is 0 Å². The molecule has 0 amide bonds. The number of esters is 2. The fourth-order valence-electron chi connectivity index (χ4n) is 3.98. The molecule has 0 N–H and O–H groups in total. The first kappa shape index (κ1) is 17.6. The van der Waals surface area contributed by atoms with Crippen molar-refractivity contribution < 1.29 is 23.8 Å². The Balaban J connectivity index is 1.44. The molecular weight excluding hydrogens is 368 g/mol. The van der Waals surface area contributed by atoms with E-state index in [9.17, 15) is 9.59 Å². The zero-order valence-electron chi connectivity index (χ0n) is 15.4. The maximum Gasteiger partial charge on any atom is 0.338 e. The summed E-state index contributed by atoms with van der Waals surface area (Å²) in [5, 5.41) is 0. The Morgan fingerprint density at radius 2 is 0.966 bits per heavy atom. The monoisotopic (exact) mass is 386 g/mol. The van der Waals surface area contributed by atoms with E-state index in [0.717, 1.165) is 11.1 Å². The van der Waals surface area contributed by atoms with Crippen molar-refractivity contribution in [3.63, 3.8) is 0 Å². The normalized spacial score (nSPS) is 24.0. The third-order valence-electron chi connectivity index (χ3n) is 5.33. The van der Waals surface area contributed by atoms with Crippen LogP contribution in [0.3, 0.4) is 0 Å². The molecule has 0 radical (unpaired) electrons. The Morgan fingerprint density at radius 3 is 1.38 bits per heavy atom. The topological polar surface area (TPSA) is 61.8 Å². The third-order valence-corrected chi connectivity index (χ3v) is 5.33. The second kappa shape index (κ2) is 7.18. The minimum Gasteiger partial charge on any atom is -0.452 e. The fraction of sp³-hybridized carbons (Fsp3) is 0.167. The van der Waals surface area contributed by atoms with Gasteiger partial charge in [0.05, 0.1) is 11.1 Å². The average molecular weight is 386 g/mol. The van der Waals surface area contributed by atoms with Crippen molar-refractivity contribution >= 4 is 11.9 Å². The maximum absolute atomic E-state index is 12.7. The van der Waals surface area contributed by atoms with Crippen LogP contribution < -0.4 is 0 Å². The van der Waals surface area contributed by atoms with Gasteiger partial charge in [-0.1, -0.05) is 60.7 Å². The molecule has 3 aromatic carbocycles. The van der Waals surface area contributed by atoms with E-state index >= 15 is 0 Å². The van der Waals surface area contributed by atoms with Crippen LogP contribution in [-0.4, -0.2) is 24.1 Å². The van der Waals surface area contributed by atoms with E-state index in [-0.39, 0.29) is 0 Å². The average Bonchev–Trinajstić information content (AvgIpc) is 3.32. The Kier molecular flexibility index (Phi) is 4.37. The summed E-state index contributed by atoms with van der Waals surface area (Å²) >= 11 is 0. The van der Waals surface area contributed by atoms with Crippen LogP contribution in [-0.2, 0) is 14.2 Å². The number of hydrogen-bond acceptors (Lipinski definition) is 5. The molecule has 29 heavy (non-hydrogen) atoms. The van der Waals surface area contributed by atoms with E-state index in [1.54, 1.807) is 48.5 Å². The summed E-state index contributed by atoms with van der Waals surface area (Å²) in [5.41, 5.74) is 2.82. The van der Waals surface area contributed by atoms with Crippen LogP contribution in [0.25, 0.3) is 0 Å². The molecule has 0 saturated carbocycles. The van der Waals surface area contributed by atoms with E-state index in [2.05, 4.69) is 0 Å². The number of hydrogen-bond donors (Lipinski definition) is 0. The Labute approximate surface area is 167 Å². The van der Waals surface area contributed by atoms with Gasteiger partial charge in [-0.25, -0.2) is 9.59 Å². The predicted molar refractivity (Wildman–Crippen MR) is 104 cm³/mol. The Bertz CT molecular complexity index is 963. The maximum atomic E-state index is 12.7. The molecule has 1 fully saturated rings. The molecule has 5 nitrogen and oxygen atoms in total. The van der Waals surface area contributed by atoms with Crippen LogP contribution >= 0.6 is 0 Å². The molecule has 1 saturated heterocycles. The number of benzene rings is 3. The summed E-state index contributed by atoms with van der Waals surface area (Å²) in [7, 11) is 0. The molecule has 2 aliphatic heterocycles. The highest BCUT2D eigenvalue weighted by Gasteiger charge is 2.56. The van der Waals surface area contributed by atoms with Crippen molar-refractivity contribution in [2.24, 2.45) is 0 Å². The largest absolute Gasteiger partial charge is 0.452 e. The molecular formula is C24H18O5. The van der Waals surface area contributed by atoms with E-state index < -0.39 is 36.4 Å². The van der Waals surface area contributed by atoms with Crippen molar-refractivity contribution in [2.45, 2.75) is 24.4 Å². The van der Waals surface area contributed by atoms with Crippen molar-refractivity contribution in [1.29, 1.82) is 0 Å². The van der Waals surface area contributed by atoms with Crippen LogP contribution in [0.1, 0.15) is 44.1 Å². The van der Waals surface area contributed by atoms with Crippen molar-refractivity contribution in [1.82, 2.24) is 0 Å². The molecule has 4 unspecified atom stereocenters. The lowest BCUT2D eigenvalue weighted by atomic mass is 9.87. The van der Waals surface area contributed by atoms with Gasteiger partial charge in [-0.05, 0) is 35.4 Å². The highest BCUT2D eigenvalue weighted by atomic mass is 16.6. The second-order valence-electron chi connectivity index (χ2n) is 7.08. The highest BCUT2D eigenvalue weighted by Crippen LogP contribution is 2.53. The lowest BCUT2D eigenvalue weighted by Gasteiger charge is -2.29. The van der Waals surface area contributed by atoms with Crippen molar-refractivity contribution in [3.05, 3.63) is 107 Å².